The highest BCUT2D eigenvalue weighted by Crippen LogP contribution is 2.26. The molecular formula is C76H135NO10. The minimum absolute atomic E-state index is 0.119. The Morgan fingerprint density at radius 3 is 1.21 bits per heavy atom. The number of hydrogen-bond donors (Lipinski definition) is 6. The van der Waals surface area contributed by atoms with E-state index in [2.05, 4.69) is 99.0 Å². The van der Waals surface area contributed by atoms with Crippen LogP contribution in [0.3, 0.4) is 0 Å². The molecule has 0 spiro atoms. The molecule has 1 aliphatic rings. The van der Waals surface area contributed by atoms with Crippen LogP contribution in [0, 0.1) is 0 Å². The van der Waals surface area contributed by atoms with Gasteiger partial charge in [-0.2, -0.15) is 0 Å². The van der Waals surface area contributed by atoms with Crippen molar-refractivity contribution in [1.82, 2.24) is 5.32 Å². The number of amides is 1. The van der Waals surface area contributed by atoms with Gasteiger partial charge in [0.05, 0.1) is 25.4 Å². The molecule has 6 N–H and O–H groups in total. The van der Waals surface area contributed by atoms with E-state index < -0.39 is 67.4 Å². The van der Waals surface area contributed by atoms with Gasteiger partial charge in [-0.25, -0.2) is 0 Å². The Morgan fingerprint density at radius 1 is 0.448 bits per heavy atom. The zero-order valence-corrected chi connectivity index (χ0v) is 56.1. The number of nitrogens with one attached hydrogen (secondary N) is 1. The summed E-state index contributed by atoms with van der Waals surface area (Å²) in [7, 11) is 0. The fourth-order valence-corrected chi connectivity index (χ4v) is 11.0. The molecule has 1 amide bonds. The highest BCUT2D eigenvalue weighted by molar-refractivity contribution is 5.80. The highest BCUT2D eigenvalue weighted by Gasteiger charge is 2.47. The molecule has 11 heteroatoms. The number of aliphatic hydroxyl groups excluding tert-OH is 5. The molecule has 87 heavy (non-hydrogen) atoms. The van der Waals surface area contributed by atoms with Crippen molar-refractivity contribution in [2.24, 2.45) is 0 Å². The van der Waals surface area contributed by atoms with Gasteiger partial charge in [-0.15, -0.1) is 0 Å². The molecule has 8 unspecified atom stereocenters. The maximum atomic E-state index is 13.5. The quantitative estimate of drug-likeness (QED) is 0.0195. The van der Waals surface area contributed by atoms with Crippen molar-refractivity contribution in [3.63, 3.8) is 0 Å². The van der Waals surface area contributed by atoms with Crippen molar-refractivity contribution >= 4 is 11.9 Å². The Hall–Kier alpha value is -3.16. The third-order valence-corrected chi connectivity index (χ3v) is 16.8. The molecule has 1 saturated heterocycles. The van der Waals surface area contributed by atoms with Crippen LogP contribution < -0.4 is 5.32 Å². The Balaban J connectivity index is 2.60. The first-order valence-electron chi connectivity index (χ1n) is 36.4. The van der Waals surface area contributed by atoms with Gasteiger partial charge >= 0.3 is 5.97 Å². The fraction of sp³-hybridized carbons (Fsp3) is 0.789. The SMILES string of the molecule is CCCCC/C=C\C/C=C\C/C=C\C/C=C\CCCCCCCCC(O)C(=O)NC(COC1OC(CO)C(O)C(O)C1OC(=O)CCCCCCCCCCCCCCC/C=C\C/C=C\CCCCC)C(O)/C=C/CCCCCCCCCCCCC. The maximum absolute atomic E-state index is 13.5. The van der Waals surface area contributed by atoms with Gasteiger partial charge in [0.25, 0.3) is 0 Å². The van der Waals surface area contributed by atoms with Gasteiger partial charge in [0.15, 0.2) is 12.4 Å². The average Bonchev–Trinajstić information content (AvgIpc) is 2.25. The van der Waals surface area contributed by atoms with Crippen LogP contribution >= 0.6 is 0 Å². The van der Waals surface area contributed by atoms with Gasteiger partial charge in [-0.3, -0.25) is 9.59 Å². The predicted octanol–water partition coefficient (Wildman–Crippen LogP) is 18.8. The number of carbonyl (C=O) groups excluding carboxylic acids is 2. The number of allylic oxidation sites excluding steroid dienone is 13. The molecule has 11 nitrogen and oxygen atoms in total. The standard InChI is InChI=1S/C76H135NO10/c1-4-7-10-13-16-19-22-25-27-29-31-33-35-37-39-41-43-46-49-52-55-58-61-64-71(81)87-74-73(83)72(82)70(65-78)86-76(74)85-66-67(68(79)62-59-56-53-50-47-44-24-21-18-15-12-9-6-3)77-75(84)69(80)63-60-57-54-51-48-45-42-40-38-36-34-32-30-28-26-23-20-17-14-11-8-5-2/h16-17,19-20,25-28,32,34,38,40,59,62,67-70,72-74,76,78-80,82-83H,4-15,18,21-24,29-31,33,35-37,39,41-58,60-61,63-66H2,1-3H3,(H,77,84)/b19-16-,20-17-,27-25-,28-26-,34-32-,40-38-,62-59+. The van der Waals surface area contributed by atoms with Crippen LogP contribution in [0.1, 0.15) is 323 Å². The molecule has 0 aromatic heterocycles. The molecule has 1 aliphatic heterocycles. The predicted molar refractivity (Wildman–Crippen MR) is 366 cm³/mol. The summed E-state index contributed by atoms with van der Waals surface area (Å²) in [6.45, 7) is 5.77. The van der Waals surface area contributed by atoms with Gasteiger partial charge in [-0.05, 0) is 103 Å². The van der Waals surface area contributed by atoms with Crippen molar-refractivity contribution < 1.29 is 49.3 Å². The summed E-state index contributed by atoms with van der Waals surface area (Å²) >= 11 is 0. The van der Waals surface area contributed by atoms with Gasteiger partial charge < -0.3 is 45.1 Å². The number of carbonyl (C=O) groups is 2. The van der Waals surface area contributed by atoms with Crippen LogP contribution in [0.5, 0.6) is 0 Å². The summed E-state index contributed by atoms with van der Waals surface area (Å²) in [6, 6.07) is -1.03. The van der Waals surface area contributed by atoms with Crippen LogP contribution in [-0.4, -0.2) is 99.6 Å². The van der Waals surface area contributed by atoms with E-state index in [0.29, 0.717) is 12.8 Å². The largest absolute Gasteiger partial charge is 0.454 e. The van der Waals surface area contributed by atoms with Crippen molar-refractivity contribution in [3.8, 4) is 0 Å². The van der Waals surface area contributed by atoms with E-state index in [1.165, 1.54) is 173 Å². The Labute approximate surface area is 533 Å². The van der Waals surface area contributed by atoms with E-state index in [0.717, 1.165) is 103 Å². The van der Waals surface area contributed by atoms with Crippen molar-refractivity contribution in [2.75, 3.05) is 13.2 Å². The van der Waals surface area contributed by atoms with Gasteiger partial charge in [-0.1, -0.05) is 298 Å². The summed E-state index contributed by atoms with van der Waals surface area (Å²) in [6.07, 6.45) is 73.2. The fourth-order valence-electron chi connectivity index (χ4n) is 11.0. The number of hydrogen-bond acceptors (Lipinski definition) is 10. The number of esters is 1. The Morgan fingerprint density at radius 2 is 0.793 bits per heavy atom. The Bertz CT molecular complexity index is 1740. The number of ether oxygens (including phenoxy) is 3. The lowest BCUT2D eigenvalue weighted by Gasteiger charge is -2.41. The van der Waals surface area contributed by atoms with E-state index in [1.807, 2.05) is 6.08 Å². The third-order valence-electron chi connectivity index (χ3n) is 16.8. The van der Waals surface area contributed by atoms with Crippen molar-refractivity contribution in [2.45, 2.75) is 372 Å². The van der Waals surface area contributed by atoms with E-state index >= 15 is 0 Å². The number of unbranched alkanes of at least 4 members (excludes halogenated alkanes) is 36. The van der Waals surface area contributed by atoms with E-state index in [1.54, 1.807) is 6.08 Å². The first-order chi connectivity index (χ1) is 42.7. The molecule has 0 aliphatic carbocycles. The lowest BCUT2D eigenvalue weighted by atomic mass is 9.99. The first-order valence-corrected chi connectivity index (χ1v) is 36.4. The highest BCUT2D eigenvalue weighted by atomic mass is 16.7. The topological polar surface area (TPSA) is 175 Å². The molecule has 0 radical (unpaired) electrons. The first kappa shape index (κ1) is 81.9. The van der Waals surface area contributed by atoms with Crippen LogP contribution in [0.2, 0.25) is 0 Å². The van der Waals surface area contributed by atoms with Gasteiger partial charge in [0, 0.05) is 6.42 Å². The summed E-state index contributed by atoms with van der Waals surface area (Å²) in [5.41, 5.74) is 0. The second kappa shape index (κ2) is 63.0. The zero-order chi connectivity index (χ0) is 63.1. The van der Waals surface area contributed by atoms with Crippen LogP contribution in [-0.2, 0) is 23.8 Å². The summed E-state index contributed by atoms with van der Waals surface area (Å²) in [4.78, 5) is 26.7. The lowest BCUT2D eigenvalue weighted by Crippen LogP contribution is -2.61. The molecule has 8 atom stereocenters. The molecule has 1 rings (SSSR count). The minimum atomic E-state index is -1.62. The van der Waals surface area contributed by atoms with Gasteiger partial charge in [0.2, 0.25) is 5.91 Å². The molecule has 0 bridgehead atoms. The normalized spacial score (nSPS) is 18.7. The average molecular weight is 1220 g/mol. The molecule has 1 fully saturated rings. The van der Waals surface area contributed by atoms with Crippen LogP contribution in [0.15, 0.2) is 85.1 Å². The summed E-state index contributed by atoms with van der Waals surface area (Å²) in [5.74, 6) is -1.20. The molecule has 1 heterocycles. The smallest absolute Gasteiger partial charge is 0.306 e. The van der Waals surface area contributed by atoms with Crippen LogP contribution in [0.25, 0.3) is 0 Å². The number of rotatable bonds is 62. The van der Waals surface area contributed by atoms with Crippen molar-refractivity contribution in [1.29, 1.82) is 0 Å². The summed E-state index contributed by atoms with van der Waals surface area (Å²) < 4.78 is 17.7. The molecule has 0 aromatic rings. The molecular weight excluding hydrogens is 1090 g/mol. The monoisotopic (exact) mass is 1220 g/mol. The van der Waals surface area contributed by atoms with E-state index in [-0.39, 0.29) is 19.4 Å². The minimum Gasteiger partial charge on any atom is -0.454 e. The van der Waals surface area contributed by atoms with Gasteiger partial charge in [0.1, 0.15) is 24.4 Å². The second-order valence-electron chi connectivity index (χ2n) is 25.0. The van der Waals surface area contributed by atoms with E-state index in [9.17, 15) is 35.1 Å². The summed E-state index contributed by atoms with van der Waals surface area (Å²) in [5, 5.41) is 57.3. The molecule has 0 aromatic carbocycles. The maximum Gasteiger partial charge on any atom is 0.306 e. The molecule has 504 valence electrons. The van der Waals surface area contributed by atoms with Crippen molar-refractivity contribution in [3.05, 3.63) is 85.1 Å². The van der Waals surface area contributed by atoms with Crippen LogP contribution in [0.4, 0.5) is 0 Å². The number of aliphatic hydroxyl groups is 5. The Kier molecular flexibility index (Phi) is 59.3. The lowest BCUT2D eigenvalue weighted by molar-refractivity contribution is -0.305. The zero-order valence-electron chi connectivity index (χ0n) is 56.1. The molecule has 0 saturated carbocycles. The third kappa shape index (κ3) is 50.2. The van der Waals surface area contributed by atoms with E-state index in [4.69, 9.17) is 14.2 Å². The second-order valence-corrected chi connectivity index (χ2v) is 25.0.